The van der Waals surface area contributed by atoms with Crippen LogP contribution in [-0.4, -0.2) is 38.9 Å². The molecule has 0 saturated heterocycles. The normalized spacial score (nSPS) is 18.0. The number of hydrogen-bond donors (Lipinski definition) is 1. The molecule has 2 atom stereocenters. The fraction of sp³-hybridized carbons (Fsp3) is 0.632. The lowest BCUT2D eigenvalue weighted by Gasteiger charge is -2.25. The summed E-state index contributed by atoms with van der Waals surface area (Å²) >= 11 is 0. The van der Waals surface area contributed by atoms with Gasteiger partial charge in [-0.25, -0.2) is 0 Å². The molecule has 0 heterocycles. The van der Waals surface area contributed by atoms with Crippen molar-refractivity contribution in [3.8, 4) is 5.75 Å². The highest BCUT2D eigenvalue weighted by Crippen LogP contribution is 2.23. The molecule has 5 nitrogen and oxygen atoms in total. The SMILES string of the molecule is COc1ccc([C@@H](OC)[C@H](C)NC(=O)COC2CCCCC2)cc1. The van der Waals surface area contributed by atoms with Gasteiger partial charge in [0.2, 0.25) is 5.91 Å². The van der Waals surface area contributed by atoms with E-state index in [0.717, 1.165) is 24.2 Å². The molecule has 0 radical (unpaired) electrons. The Morgan fingerprint density at radius 2 is 1.83 bits per heavy atom. The zero-order chi connectivity index (χ0) is 17.4. The minimum atomic E-state index is -0.213. The Kier molecular flexibility index (Phi) is 7.53. The van der Waals surface area contributed by atoms with E-state index in [1.807, 2.05) is 31.2 Å². The molecule has 1 amide bonds. The van der Waals surface area contributed by atoms with Crippen LogP contribution in [0.5, 0.6) is 5.75 Å². The summed E-state index contributed by atoms with van der Waals surface area (Å²) < 4.78 is 16.5. The first-order valence-electron chi connectivity index (χ1n) is 8.71. The summed E-state index contributed by atoms with van der Waals surface area (Å²) in [6, 6.07) is 7.54. The lowest BCUT2D eigenvalue weighted by molar-refractivity contribution is -0.130. The Balaban J connectivity index is 1.83. The maximum atomic E-state index is 12.1. The highest BCUT2D eigenvalue weighted by molar-refractivity contribution is 5.77. The number of hydrogen-bond acceptors (Lipinski definition) is 4. The molecule has 24 heavy (non-hydrogen) atoms. The summed E-state index contributed by atoms with van der Waals surface area (Å²) in [4.78, 5) is 12.1. The largest absolute Gasteiger partial charge is 0.497 e. The van der Waals surface area contributed by atoms with Crippen molar-refractivity contribution in [1.29, 1.82) is 0 Å². The van der Waals surface area contributed by atoms with Crippen molar-refractivity contribution in [2.75, 3.05) is 20.8 Å². The van der Waals surface area contributed by atoms with E-state index in [9.17, 15) is 4.79 Å². The van der Waals surface area contributed by atoms with E-state index in [0.29, 0.717) is 0 Å². The average molecular weight is 335 g/mol. The molecule has 0 spiro atoms. The smallest absolute Gasteiger partial charge is 0.246 e. The van der Waals surface area contributed by atoms with Crippen molar-refractivity contribution in [2.45, 2.75) is 57.3 Å². The van der Waals surface area contributed by atoms with Gasteiger partial charge in [-0.2, -0.15) is 0 Å². The molecule has 0 aromatic heterocycles. The van der Waals surface area contributed by atoms with Gasteiger partial charge in [0, 0.05) is 7.11 Å². The molecule has 1 aromatic carbocycles. The van der Waals surface area contributed by atoms with Gasteiger partial charge in [0.1, 0.15) is 18.5 Å². The quantitative estimate of drug-likeness (QED) is 0.792. The molecule has 134 valence electrons. The summed E-state index contributed by atoms with van der Waals surface area (Å²) in [6.07, 6.45) is 5.83. The minimum absolute atomic E-state index is 0.0939. The maximum Gasteiger partial charge on any atom is 0.246 e. The fourth-order valence-electron chi connectivity index (χ4n) is 3.22. The van der Waals surface area contributed by atoms with Crippen molar-refractivity contribution in [3.05, 3.63) is 29.8 Å². The number of carbonyl (C=O) groups excluding carboxylic acids is 1. The Bertz CT molecular complexity index is 497. The molecule has 2 rings (SSSR count). The molecule has 0 aliphatic heterocycles. The molecule has 1 aromatic rings. The van der Waals surface area contributed by atoms with E-state index in [4.69, 9.17) is 14.2 Å². The summed E-state index contributed by atoms with van der Waals surface area (Å²) in [5.74, 6) is 0.704. The standard InChI is InChI=1S/C19H29NO4/c1-14(19(23-3)15-9-11-16(22-2)12-10-15)20-18(21)13-24-17-7-5-4-6-8-17/h9-12,14,17,19H,4-8,13H2,1-3H3,(H,20,21)/t14-,19-/m0/s1. The lowest BCUT2D eigenvalue weighted by Crippen LogP contribution is -2.40. The second-order valence-corrected chi connectivity index (χ2v) is 6.36. The van der Waals surface area contributed by atoms with Crippen LogP contribution in [0, 0.1) is 0 Å². The third kappa shape index (κ3) is 5.49. The van der Waals surface area contributed by atoms with Crippen LogP contribution < -0.4 is 10.1 Å². The number of carbonyl (C=O) groups is 1. The van der Waals surface area contributed by atoms with Gasteiger partial charge in [-0.1, -0.05) is 31.4 Å². The number of amides is 1. The first kappa shape index (κ1) is 18.7. The van der Waals surface area contributed by atoms with Crippen LogP contribution in [0.15, 0.2) is 24.3 Å². The van der Waals surface area contributed by atoms with Gasteiger partial charge < -0.3 is 19.5 Å². The Labute approximate surface area is 144 Å². The summed E-state index contributed by atoms with van der Waals surface area (Å²) in [5.41, 5.74) is 0.999. The Hall–Kier alpha value is -1.59. The molecule has 1 aliphatic carbocycles. The van der Waals surface area contributed by atoms with E-state index >= 15 is 0 Å². The first-order valence-corrected chi connectivity index (χ1v) is 8.71. The zero-order valence-electron chi connectivity index (χ0n) is 14.9. The van der Waals surface area contributed by atoms with Crippen molar-refractivity contribution < 1.29 is 19.0 Å². The number of methoxy groups -OCH3 is 2. The Morgan fingerprint density at radius 1 is 1.17 bits per heavy atom. The van der Waals surface area contributed by atoms with Crippen LogP contribution in [0.1, 0.15) is 50.7 Å². The average Bonchev–Trinajstić information content (AvgIpc) is 2.62. The third-order valence-corrected chi connectivity index (χ3v) is 4.54. The summed E-state index contributed by atoms with van der Waals surface area (Å²) in [7, 11) is 3.29. The zero-order valence-corrected chi connectivity index (χ0v) is 14.9. The van der Waals surface area contributed by atoms with Gasteiger partial charge in [-0.05, 0) is 37.5 Å². The van der Waals surface area contributed by atoms with Crippen molar-refractivity contribution in [3.63, 3.8) is 0 Å². The predicted molar refractivity (Wildman–Crippen MR) is 93.2 cm³/mol. The van der Waals surface area contributed by atoms with Crippen LogP contribution in [0.25, 0.3) is 0 Å². The van der Waals surface area contributed by atoms with E-state index in [-0.39, 0.29) is 30.8 Å². The van der Waals surface area contributed by atoms with Gasteiger partial charge in [0.05, 0.1) is 19.3 Å². The van der Waals surface area contributed by atoms with Crippen molar-refractivity contribution in [1.82, 2.24) is 5.32 Å². The molecular weight excluding hydrogens is 306 g/mol. The fourth-order valence-corrected chi connectivity index (χ4v) is 3.22. The van der Waals surface area contributed by atoms with Crippen LogP contribution >= 0.6 is 0 Å². The number of ether oxygens (including phenoxy) is 3. The molecule has 1 saturated carbocycles. The molecule has 1 aliphatic rings. The Morgan fingerprint density at radius 3 is 2.42 bits per heavy atom. The highest BCUT2D eigenvalue weighted by Gasteiger charge is 2.22. The van der Waals surface area contributed by atoms with Gasteiger partial charge in [0.15, 0.2) is 0 Å². The molecule has 1 N–H and O–H groups in total. The van der Waals surface area contributed by atoms with Gasteiger partial charge in [-0.3, -0.25) is 4.79 Å². The first-order chi connectivity index (χ1) is 11.6. The second-order valence-electron chi connectivity index (χ2n) is 6.36. The second kappa shape index (κ2) is 9.64. The summed E-state index contributed by atoms with van der Waals surface area (Å²) in [6.45, 7) is 2.06. The van der Waals surface area contributed by atoms with Crippen LogP contribution in [0.3, 0.4) is 0 Å². The summed E-state index contributed by atoms with van der Waals surface area (Å²) in [5, 5.41) is 2.98. The number of nitrogens with one attached hydrogen (secondary N) is 1. The van der Waals surface area contributed by atoms with E-state index in [1.54, 1.807) is 14.2 Å². The molecular formula is C19H29NO4. The van der Waals surface area contributed by atoms with Crippen LogP contribution in [-0.2, 0) is 14.3 Å². The monoisotopic (exact) mass is 335 g/mol. The van der Waals surface area contributed by atoms with Crippen molar-refractivity contribution in [2.24, 2.45) is 0 Å². The molecule has 5 heteroatoms. The van der Waals surface area contributed by atoms with Gasteiger partial charge in [-0.15, -0.1) is 0 Å². The van der Waals surface area contributed by atoms with Crippen molar-refractivity contribution >= 4 is 5.91 Å². The van der Waals surface area contributed by atoms with Gasteiger partial charge in [0.25, 0.3) is 0 Å². The number of benzene rings is 1. The lowest BCUT2D eigenvalue weighted by atomic mass is 9.98. The van der Waals surface area contributed by atoms with E-state index < -0.39 is 0 Å². The van der Waals surface area contributed by atoms with Gasteiger partial charge >= 0.3 is 0 Å². The van der Waals surface area contributed by atoms with E-state index in [1.165, 1.54) is 19.3 Å². The number of rotatable bonds is 8. The molecule has 0 bridgehead atoms. The maximum absolute atomic E-state index is 12.1. The molecule has 1 fully saturated rings. The predicted octanol–water partition coefficient (Wildman–Crippen LogP) is 3.24. The minimum Gasteiger partial charge on any atom is -0.497 e. The highest BCUT2D eigenvalue weighted by atomic mass is 16.5. The third-order valence-electron chi connectivity index (χ3n) is 4.54. The van der Waals surface area contributed by atoms with Crippen LogP contribution in [0.2, 0.25) is 0 Å². The van der Waals surface area contributed by atoms with E-state index in [2.05, 4.69) is 5.32 Å². The topological polar surface area (TPSA) is 56.8 Å². The van der Waals surface area contributed by atoms with Crippen LogP contribution in [0.4, 0.5) is 0 Å². The molecule has 0 unspecified atom stereocenters.